The molecule has 1 heterocycles. The average Bonchev–Trinajstić information content (AvgIpc) is 3.04. The largest absolute Gasteiger partial charge is 0.504 e. The average molecular weight is 514 g/mol. The Bertz CT molecular complexity index is 1220. The summed E-state index contributed by atoms with van der Waals surface area (Å²) in [6.07, 6.45) is 1.50. The Kier molecular flexibility index (Phi) is 6.72. The molecule has 1 aliphatic heterocycles. The Morgan fingerprint density at radius 2 is 1.84 bits per heavy atom. The lowest BCUT2D eigenvalue weighted by molar-refractivity contribution is -0.123. The number of amides is 2. The van der Waals surface area contributed by atoms with Crippen LogP contribution >= 0.6 is 27.7 Å². The van der Waals surface area contributed by atoms with E-state index in [0.717, 1.165) is 27.4 Å². The van der Waals surface area contributed by atoms with E-state index in [1.807, 2.05) is 49.4 Å². The molecule has 4 rings (SSSR count). The molecule has 0 spiro atoms. The van der Waals surface area contributed by atoms with Gasteiger partial charge >= 0.3 is 0 Å². The molecule has 0 aromatic heterocycles. The molecular formula is C24H20BrNO5S. The standard InChI is InChI=1S/C24H20BrNO5S/c1-2-30-20-14-17(25)12-16(22(20)27)13-21-23(28)26(24(29)32-21)10-11-31-19-9-5-7-15-6-3-4-8-18(15)19/h3-9,12-14,27H,2,10-11H2,1H3/b21-13-. The van der Waals surface area contributed by atoms with E-state index in [1.165, 1.54) is 6.08 Å². The molecule has 3 aromatic rings. The van der Waals surface area contributed by atoms with Crippen LogP contribution in [0.5, 0.6) is 17.2 Å². The molecule has 6 nitrogen and oxygen atoms in total. The van der Waals surface area contributed by atoms with Gasteiger partial charge < -0.3 is 14.6 Å². The van der Waals surface area contributed by atoms with E-state index in [-0.39, 0.29) is 29.0 Å². The van der Waals surface area contributed by atoms with Crippen LogP contribution in [0.2, 0.25) is 0 Å². The molecule has 0 saturated carbocycles. The van der Waals surface area contributed by atoms with Crippen LogP contribution < -0.4 is 9.47 Å². The van der Waals surface area contributed by atoms with Crippen molar-refractivity contribution in [2.45, 2.75) is 6.92 Å². The molecule has 0 aliphatic carbocycles. The normalized spacial score (nSPS) is 15.1. The van der Waals surface area contributed by atoms with Crippen molar-refractivity contribution in [1.29, 1.82) is 0 Å². The molecule has 0 unspecified atom stereocenters. The number of nitrogens with zero attached hydrogens (tertiary/aromatic N) is 1. The summed E-state index contributed by atoms with van der Waals surface area (Å²) in [4.78, 5) is 26.6. The molecule has 0 bridgehead atoms. The Balaban J connectivity index is 1.47. The van der Waals surface area contributed by atoms with Gasteiger partial charge in [-0.15, -0.1) is 0 Å². The minimum absolute atomic E-state index is 0.0823. The van der Waals surface area contributed by atoms with Crippen LogP contribution in [-0.2, 0) is 4.79 Å². The third-order valence-corrected chi connectivity index (χ3v) is 6.22. The second-order valence-electron chi connectivity index (χ2n) is 6.93. The Hall–Kier alpha value is -2.97. The maximum absolute atomic E-state index is 12.8. The molecule has 164 valence electrons. The van der Waals surface area contributed by atoms with E-state index in [9.17, 15) is 14.7 Å². The predicted octanol–water partition coefficient (Wildman–Crippen LogP) is 5.82. The molecule has 32 heavy (non-hydrogen) atoms. The first-order valence-electron chi connectivity index (χ1n) is 9.99. The van der Waals surface area contributed by atoms with Crippen molar-refractivity contribution in [2.24, 2.45) is 0 Å². The van der Waals surface area contributed by atoms with Gasteiger partial charge in [0.15, 0.2) is 11.5 Å². The third-order valence-electron chi connectivity index (χ3n) is 4.85. The summed E-state index contributed by atoms with van der Waals surface area (Å²) in [7, 11) is 0. The second-order valence-corrected chi connectivity index (χ2v) is 8.84. The van der Waals surface area contributed by atoms with Crippen molar-refractivity contribution in [3.8, 4) is 17.2 Å². The maximum Gasteiger partial charge on any atom is 0.293 e. The summed E-state index contributed by atoms with van der Waals surface area (Å²) in [6, 6.07) is 16.9. The zero-order valence-electron chi connectivity index (χ0n) is 17.2. The molecule has 1 N–H and O–H groups in total. The lowest BCUT2D eigenvalue weighted by Gasteiger charge is -2.14. The smallest absolute Gasteiger partial charge is 0.293 e. The lowest BCUT2D eigenvalue weighted by atomic mass is 10.1. The van der Waals surface area contributed by atoms with E-state index in [0.29, 0.717) is 28.1 Å². The summed E-state index contributed by atoms with van der Waals surface area (Å²) in [5, 5.41) is 12.1. The number of aromatic hydroxyl groups is 1. The van der Waals surface area contributed by atoms with Crippen molar-refractivity contribution in [2.75, 3.05) is 19.8 Å². The molecule has 2 amide bonds. The SMILES string of the molecule is CCOc1cc(Br)cc(/C=C2\SC(=O)N(CCOc3cccc4ccccc34)C2=O)c1O. The van der Waals surface area contributed by atoms with Gasteiger partial charge in [-0.3, -0.25) is 14.5 Å². The van der Waals surface area contributed by atoms with Crippen LogP contribution in [-0.4, -0.2) is 40.9 Å². The number of halogens is 1. The first-order valence-corrected chi connectivity index (χ1v) is 11.6. The number of carbonyl (C=O) groups excluding carboxylic acids is 2. The van der Waals surface area contributed by atoms with Crippen molar-refractivity contribution >= 4 is 55.7 Å². The lowest BCUT2D eigenvalue weighted by Crippen LogP contribution is -2.32. The number of thioether (sulfide) groups is 1. The van der Waals surface area contributed by atoms with Gasteiger partial charge in [0.25, 0.3) is 11.1 Å². The Labute approximate surface area is 197 Å². The van der Waals surface area contributed by atoms with Crippen LogP contribution in [0.1, 0.15) is 12.5 Å². The number of ether oxygens (including phenoxy) is 2. The number of phenolic OH excluding ortho intramolecular Hbond substituents is 1. The van der Waals surface area contributed by atoms with Gasteiger partial charge in [-0.1, -0.05) is 52.3 Å². The monoisotopic (exact) mass is 513 g/mol. The van der Waals surface area contributed by atoms with E-state index in [1.54, 1.807) is 12.1 Å². The van der Waals surface area contributed by atoms with E-state index >= 15 is 0 Å². The Morgan fingerprint density at radius 1 is 1.06 bits per heavy atom. The van der Waals surface area contributed by atoms with Crippen LogP contribution in [0.15, 0.2) is 64.0 Å². The summed E-state index contributed by atoms with van der Waals surface area (Å²) < 4.78 is 12.0. The molecule has 0 atom stereocenters. The van der Waals surface area contributed by atoms with Crippen molar-refractivity contribution in [1.82, 2.24) is 4.90 Å². The molecule has 8 heteroatoms. The fourth-order valence-electron chi connectivity index (χ4n) is 3.37. The predicted molar refractivity (Wildman–Crippen MR) is 129 cm³/mol. The van der Waals surface area contributed by atoms with Crippen LogP contribution in [0.3, 0.4) is 0 Å². The number of hydrogen-bond donors (Lipinski definition) is 1. The maximum atomic E-state index is 12.8. The van der Waals surface area contributed by atoms with Crippen molar-refractivity contribution in [3.05, 3.63) is 69.5 Å². The fourth-order valence-corrected chi connectivity index (χ4v) is 4.68. The zero-order chi connectivity index (χ0) is 22.7. The molecule has 3 aromatic carbocycles. The van der Waals surface area contributed by atoms with Crippen LogP contribution in [0.4, 0.5) is 4.79 Å². The van der Waals surface area contributed by atoms with Gasteiger partial charge in [0.2, 0.25) is 0 Å². The van der Waals surface area contributed by atoms with E-state index in [4.69, 9.17) is 9.47 Å². The molecular weight excluding hydrogens is 494 g/mol. The topological polar surface area (TPSA) is 76.1 Å². The first-order chi connectivity index (χ1) is 15.5. The fraction of sp³-hybridized carbons (Fsp3) is 0.167. The Morgan fingerprint density at radius 3 is 2.66 bits per heavy atom. The molecule has 1 aliphatic rings. The van der Waals surface area contributed by atoms with Gasteiger partial charge in [-0.05, 0) is 48.3 Å². The van der Waals surface area contributed by atoms with Crippen LogP contribution in [0.25, 0.3) is 16.8 Å². The highest BCUT2D eigenvalue weighted by Gasteiger charge is 2.35. The molecule has 0 radical (unpaired) electrons. The van der Waals surface area contributed by atoms with Crippen LogP contribution in [0, 0.1) is 0 Å². The highest BCUT2D eigenvalue weighted by molar-refractivity contribution is 9.10. The summed E-state index contributed by atoms with van der Waals surface area (Å²) in [5.74, 6) is 0.504. The zero-order valence-corrected chi connectivity index (χ0v) is 19.6. The number of imide groups is 1. The van der Waals surface area contributed by atoms with Gasteiger partial charge in [-0.25, -0.2) is 0 Å². The third kappa shape index (κ3) is 4.61. The second kappa shape index (κ2) is 9.67. The first kappa shape index (κ1) is 22.2. The summed E-state index contributed by atoms with van der Waals surface area (Å²) in [6.45, 7) is 2.50. The highest BCUT2D eigenvalue weighted by atomic mass is 79.9. The molecule has 1 saturated heterocycles. The van der Waals surface area contributed by atoms with E-state index < -0.39 is 5.91 Å². The van der Waals surface area contributed by atoms with Gasteiger partial charge in [0.1, 0.15) is 12.4 Å². The summed E-state index contributed by atoms with van der Waals surface area (Å²) >= 11 is 4.21. The number of phenols is 1. The van der Waals surface area contributed by atoms with Gasteiger partial charge in [0.05, 0.1) is 18.1 Å². The van der Waals surface area contributed by atoms with E-state index in [2.05, 4.69) is 15.9 Å². The minimum atomic E-state index is -0.418. The highest BCUT2D eigenvalue weighted by Crippen LogP contribution is 2.38. The number of hydrogen-bond acceptors (Lipinski definition) is 6. The number of carbonyl (C=O) groups is 2. The number of rotatable bonds is 7. The van der Waals surface area contributed by atoms with Gasteiger partial charge in [0, 0.05) is 15.4 Å². The van der Waals surface area contributed by atoms with Gasteiger partial charge in [-0.2, -0.15) is 0 Å². The van der Waals surface area contributed by atoms with Crippen molar-refractivity contribution in [3.63, 3.8) is 0 Å². The number of benzene rings is 3. The minimum Gasteiger partial charge on any atom is -0.504 e. The molecule has 1 fully saturated rings. The summed E-state index contributed by atoms with van der Waals surface area (Å²) in [5.41, 5.74) is 0.389. The number of fused-ring (bicyclic) bond motifs is 1. The quantitative estimate of drug-likeness (QED) is 0.401. The van der Waals surface area contributed by atoms with Crippen molar-refractivity contribution < 1.29 is 24.2 Å².